The molecule has 4 aromatic rings. The summed E-state index contributed by atoms with van der Waals surface area (Å²) >= 11 is 3.44. The molecule has 0 N–H and O–H groups in total. The van der Waals surface area contributed by atoms with Gasteiger partial charge in [-0.3, -0.25) is 14.9 Å². The van der Waals surface area contributed by atoms with E-state index in [0.717, 1.165) is 41.3 Å². The predicted molar refractivity (Wildman–Crippen MR) is 151 cm³/mol. The zero-order chi connectivity index (χ0) is 26.6. The molecule has 0 spiro atoms. The van der Waals surface area contributed by atoms with Crippen molar-refractivity contribution >= 4 is 38.7 Å². The first-order valence-electron chi connectivity index (χ1n) is 12.6. The molecule has 0 amide bonds. The summed E-state index contributed by atoms with van der Waals surface area (Å²) in [7, 11) is 0. The molecule has 3 aromatic carbocycles. The molecular weight excluding hydrogens is 548 g/mol. The Balaban J connectivity index is 1.57. The molecule has 9 heteroatoms. The zero-order valence-corrected chi connectivity index (χ0v) is 22.6. The summed E-state index contributed by atoms with van der Waals surface area (Å²) in [5, 5.41) is 16.5. The van der Waals surface area contributed by atoms with Gasteiger partial charge < -0.3 is 4.74 Å². The van der Waals surface area contributed by atoms with Crippen molar-refractivity contribution in [1.82, 2.24) is 9.66 Å². The van der Waals surface area contributed by atoms with E-state index in [2.05, 4.69) is 21.0 Å². The summed E-state index contributed by atoms with van der Waals surface area (Å²) in [5.74, 6) is 1.17. The zero-order valence-electron chi connectivity index (χ0n) is 21.0. The topological polar surface area (TPSA) is 99.6 Å². The standard InChI is InChI=1S/C29H27BrN4O4/c1-19-6-5-7-20(14-19)18-38-27-13-11-24(34(36)37)15-22(27)17-31-33-28(21-8-3-2-4-9-21)32-26-12-10-23(30)16-25(26)29(33)35/h5-7,10-17,21H,2-4,8-9,18H2,1H3. The van der Waals surface area contributed by atoms with E-state index in [1.54, 1.807) is 12.1 Å². The molecule has 5 rings (SSSR count). The summed E-state index contributed by atoms with van der Waals surface area (Å²) in [4.78, 5) is 29.5. The largest absolute Gasteiger partial charge is 0.488 e. The first-order valence-corrected chi connectivity index (χ1v) is 13.4. The minimum atomic E-state index is -0.462. The third-order valence-electron chi connectivity index (χ3n) is 6.80. The molecule has 0 atom stereocenters. The maximum Gasteiger partial charge on any atom is 0.282 e. The number of ether oxygens (including phenoxy) is 1. The molecule has 0 unspecified atom stereocenters. The maximum atomic E-state index is 13.6. The van der Waals surface area contributed by atoms with Gasteiger partial charge in [-0.1, -0.05) is 65.0 Å². The average Bonchev–Trinajstić information content (AvgIpc) is 2.92. The lowest BCUT2D eigenvalue weighted by Gasteiger charge is -2.22. The van der Waals surface area contributed by atoms with Crippen molar-refractivity contribution in [2.45, 2.75) is 51.6 Å². The minimum Gasteiger partial charge on any atom is -0.488 e. The highest BCUT2D eigenvalue weighted by Crippen LogP contribution is 2.32. The van der Waals surface area contributed by atoms with Gasteiger partial charge in [0.2, 0.25) is 0 Å². The Morgan fingerprint density at radius 1 is 1.13 bits per heavy atom. The van der Waals surface area contributed by atoms with E-state index in [1.165, 1.54) is 29.4 Å². The van der Waals surface area contributed by atoms with Gasteiger partial charge >= 0.3 is 0 Å². The van der Waals surface area contributed by atoms with Crippen LogP contribution in [0.2, 0.25) is 0 Å². The number of fused-ring (bicyclic) bond motifs is 1. The van der Waals surface area contributed by atoms with Gasteiger partial charge in [-0.2, -0.15) is 9.78 Å². The number of hydrogen-bond acceptors (Lipinski definition) is 6. The maximum absolute atomic E-state index is 13.6. The molecule has 194 valence electrons. The van der Waals surface area contributed by atoms with Crippen LogP contribution >= 0.6 is 15.9 Å². The SMILES string of the molecule is Cc1cccc(COc2ccc([N+](=O)[O-])cc2C=Nn2c(C3CCCCC3)nc3ccc(Br)cc3c2=O)c1. The van der Waals surface area contributed by atoms with Crippen LogP contribution in [0.1, 0.15) is 60.5 Å². The number of aryl methyl sites for hydroxylation is 1. The molecule has 1 aromatic heterocycles. The van der Waals surface area contributed by atoms with Gasteiger partial charge in [0.05, 0.1) is 22.0 Å². The molecule has 0 aliphatic heterocycles. The quantitative estimate of drug-likeness (QED) is 0.136. The Hall–Kier alpha value is -3.85. The first-order chi connectivity index (χ1) is 18.4. The van der Waals surface area contributed by atoms with E-state index >= 15 is 0 Å². The number of benzene rings is 3. The van der Waals surface area contributed by atoms with Gasteiger partial charge in [-0.15, -0.1) is 0 Å². The highest BCUT2D eigenvalue weighted by molar-refractivity contribution is 9.10. The summed E-state index contributed by atoms with van der Waals surface area (Å²) in [5.41, 5.74) is 2.76. The second-order valence-corrected chi connectivity index (χ2v) is 10.5. The molecular formula is C29H27BrN4O4. The van der Waals surface area contributed by atoms with E-state index in [4.69, 9.17) is 9.72 Å². The molecule has 1 aliphatic carbocycles. The lowest BCUT2D eigenvalue weighted by Crippen LogP contribution is -2.25. The third-order valence-corrected chi connectivity index (χ3v) is 7.29. The molecule has 8 nitrogen and oxygen atoms in total. The van der Waals surface area contributed by atoms with Crippen LogP contribution in [-0.2, 0) is 6.61 Å². The predicted octanol–water partition coefficient (Wildman–Crippen LogP) is 6.88. The van der Waals surface area contributed by atoms with E-state index in [1.807, 2.05) is 43.3 Å². The van der Waals surface area contributed by atoms with Gasteiger partial charge in [0.1, 0.15) is 18.2 Å². The normalized spacial score (nSPS) is 14.3. The molecule has 1 heterocycles. The summed E-state index contributed by atoms with van der Waals surface area (Å²) in [6.07, 6.45) is 6.64. The molecule has 1 saturated carbocycles. The van der Waals surface area contributed by atoms with Crippen LogP contribution in [-0.4, -0.2) is 20.8 Å². The number of hydrogen-bond donors (Lipinski definition) is 0. The Bertz CT molecular complexity index is 1590. The van der Waals surface area contributed by atoms with Gasteiger partial charge in [-0.05, 0) is 49.6 Å². The third kappa shape index (κ3) is 5.67. The fourth-order valence-corrected chi connectivity index (χ4v) is 5.23. The molecule has 0 radical (unpaired) electrons. The first kappa shape index (κ1) is 25.8. The van der Waals surface area contributed by atoms with Crippen LogP contribution in [0, 0.1) is 17.0 Å². The number of aromatic nitrogens is 2. The van der Waals surface area contributed by atoms with Gasteiger partial charge in [-0.25, -0.2) is 4.98 Å². The van der Waals surface area contributed by atoms with Crippen molar-refractivity contribution in [2.24, 2.45) is 5.10 Å². The summed E-state index contributed by atoms with van der Waals surface area (Å²) < 4.78 is 8.17. The number of rotatable bonds is 7. The Labute approximate surface area is 228 Å². The lowest BCUT2D eigenvalue weighted by atomic mass is 9.88. The lowest BCUT2D eigenvalue weighted by molar-refractivity contribution is -0.384. The van der Waals surface area contributed by atoms with Gasteiger partial charge in [0.25, 0.3) is 11.2 Å². The van der Waals surface area contributed by atoms with Crippen molar-refractivity contribution in [3.8, 4) is 5.75 Å². The van der Waals surface area contributed by atoms with Crippen LogP contribution in [0.4, 0.5) is 5.69 Å². The van der Waals surface area contributed by atoms with Crippen LogP contribution in [0.15, 0.2) is 75.0 Å². The van der Waals surface area contributed by atoms with Gasteiger partial charge in [0.15, 0.2) is 0 Å². The summed E-state index contributed by atoms with van der Waals surface area (Å²) in [6.45, 7) is 2.30. The van der Waals surface area contributed by atoms with E-state index < -0.39 is 4.92 Å². The molecule has 1 aliphatic rings. The van der Waals surface area contributed by atoms with Crippen molar-refractivity contribution < 1.29 is 9.66 Å². The summed E-state index contributed by atoms with van der Waals surface area (Å²) in [6, 6.07) is 17.8. The van der Waals surface area contributed by atoms with E-state index in [-0.39, 0.29) is 17.2 Å². The number of nitrogens with zero attached hydrogens (tertiary/aromatic N) is 4. The molecule has 38 heavy (non-hydrogen) atoms. The fraction of sp³-hybridized carbons (Fsp3) is 0.276. The van der Waals surface area contributed by atoms with E-state index in [0.29, 0.717) is 34.6 Å². The van der Waals surface area contributed by atoms with Crippen molar-refractivity contribution in [3.63, 3.8) is 0 Å². The Morgan fingerprint density at radius 2 is 1.95 bits per heavy atom. The van der Waals surface area contributed by atoms with Crippen molar-refractivity contribution in [1.29, 1.82) is 0 Å². The minimum absolute atomic E-state index is 0.0882. The van der Waals surface area contributed by atoms with Crippen molar-refractivity contribution in [3.05, 3.63) is 108 Å². The number of nitro benzene ring substituents is 1. The monoisotopic (exact) mass is 574 g/mol. The number of nitro groups is 1. The molecule has 0 bridgehead atoms. The second kappa shape index (κ2) is 11.3. The van der Waals surface area contributed by atoms with Crippen LogP contribution in [0.25, 0.3) is 10.9 Å². The average molecular weight is 575 g/mol. The Morgan fingerprint density at radius 3 is 2.71 bits per heavy atom. The smallest absolute Gasteiger partial charge is 0.282 e. The Kier molecular flexibility index (Phi) is 7.64. The van der Waals surface area contributed by atoms with Crippen LogP contribution in [0.5, 0.6) is 5.75 Å². The van der Waals surface area contributed by atoms with Gasteiger partial charge in [0, 0.05) is 28.1 Å². The number of non-ortho nitro benzene ring substituents is 1. The highest BCUT2D eigenvalue weighted by Gasteiger charge is 2.23. The van der Waals surface area contributed by atoms with E-state index in [9.17, 15) is 14.9 Å². The highest BCUT2D eigenvalue weighted by atomic mass is 79.9. The fourth-order valence-electron chi connectivity index (χ4n) is 4.87. The molecule has 0 saturated heterocycles. The second-order valence-electron chi connectivity index (χ2n) is 9.58. The molecule has 1 fully saturated rings. The van der Waals surface area contributed by atoms with Crippen molar-refractivity contribution in [2.75, 3.05) is 0 Å². The van der Waals surface area contributed by atoms with Crippen LogP contribution in [0.3, 0.4) is 0 Å². The number of halogens is 1. The van der Waals surface area contributed by atoms with Crippen LogP contribution < -0.4 is 10.3 Å².